The standard InChI is InChI=1S/C15H20N2O2.C15H18N2O2/c2*1-19-10-11-4-6-12(7-5-11)13-14(18)17-15(16-13)8-2-3-9-15/h4-7,13,16H,2-3,8-10H2,1H3,(H,17,18);4-7H,2-3,8-10H2,1H3,(H,17,18). The van der Waals surface area contributed by atoms with Gasteiger partial charge in [0.1, 0.15) is 17.4 Å². The van der Waals surface area contributed by atoms with Crippen molar-refractivity contribution in [3.05, 3.63) is 70.8 Å². The van der Waals surface area contributed by atoms with Gasteiger partial charge in [0.25, 0.3) is 5.91 Å². The fourth-order valence-corrected chi connectivity index (χ4v) is 6.02. The number of nitrogens with zero attached hydrogens (tertiary/aromatic N) is 1. The van der Waals surface area contributed by atoms with Crippen LogP contribution in [-0.2, 0) is 32.3 Å². The average molecular weight is 519 g/mol. The van der Waals surface area contributed by atoms with E-state index in [-0.39, 0.29) is 29.2 Å². The maximum atomic E-state index is 12.1. The number of aliphatic imine (C=N–C) groups is 1. The summed E-state index contributed by atoms with van der Waals surface area (Å²) >= 11 is 0. The van der Waals surface area contributed by atoms with Crippen molar-refractivity contribution in [2.45, 2.75) is 81.9 Å². The minimum absolute atomic E-state index is 0.0404. The highest BCUT2D eigenvalue weighted by molar-refractivity contribution is 6.46. The van der Waals surface area contributed by atoms with E-state index in [9.17, 15) is 9.59 Å². The van der Waals surface area contributed by atoms with E-state index in [1.165, 1.54) is 12.8 Å². The molecule has 2 amide bonds. The Morgan fingerprint density at radius 3 is 1.92 bits per heavy atom. The van der Waals surface area contributed by atoms with E-state index in [1.807, 2.05) is 48.5 Å². The first-order chi connectivity index (χ1) is 18.4. The molecule has 0 aromatic heterocycles. The Balaban J connectivity index is 0.000000155. The molecule has 2 aromatic rings. The fourth-order valence-electron chi connectivity index (χ4n) is 6.02. The molecule has 8 heteroatoms. The summed E-state index contributed by atoms with van der Waals surface area (Å²) in [5, 5.41) is 9.69. The molecular weight excluding hydrogens is 480 g/mol. The molecule has 2 heterocycles. The van der Waals surface area contributed by atoms with Gasteiger partial charge in [0.05, 0.1) is 18.9 Å². The van der Waals surface area contributed by atoms with Gasteiger partial charge in [-0.25, -0.2) is 0 Å². The van der Waals surface area contributed by atoms with Gasteiger partial charge in [0.15, 0.2) is 0 Å². The number of methoxy groups -OCH3 is 2. The number of rotatable bonds is 6. The summed E-state index contributed by atoms with van der Waals surface area (Å²) < 4.78 is 10.2. The molecule has 2 spiro atoms. The third-order valence-corrected chi connectivity index (χ3v) is 7.98. The quantitative estimate of drug-likeness (QED) is 0.539. The largest absolute Gasteiger partial charge is 0.380 e. The first-order valence-electron chi connectivity index (χ1n) is 13.6. The molecule has 0 bridgehead atoms. The van der Waals surface area contributed by atoms with Crippen LogP contribution >= 0.6 is 0 Å². The smallest absolute Gasteiger partial charge is 0.272 e. The molecule has 3 fully saturated rings. The first-order valence-corrected chi connectivity index (χ1v) is 13.6. The zero-order valence-corrected chi connectivity index (χ0v) is 22.3. The number of carbonyl (C=O) groups is 2. The molecule has 2 aromatic carbocycles. The Hall–Kier alpha value is -3.07. The fraction of sp³-hybridized carbons (Fsp3) is 0.500. The van der Waals surface area contributed by atoms with Crippen LogP contribution in [0, 0.1) is 0 Å². The van der Waals surface area contributed by atoms with Gasteiger partial charge in [-0.15, -0.1) is 0 Å². The summed E-state index contributed by atoms with van der Waals surface area (Å²) in [6.07, 6.45) is 8.66. The number of ether oxygens (including phenoxy) is 2. The molecule has 8 nitrogen and oxygen atoms in total. The van der Waals surface area contributed by atoms with Gasteiger partial charge in [-0.05, 0) is 68.1 Å². The van der Waals surface area contributed by atoms with Gasteiger partial charge < -0.3 is 20.1 Å². The highest BCUT2D eigenvalue weighted by Crippen LogP contribution is 2.35. The van der Waals surface area contributed by atoms with Crippen LogP contribution < -0.4 is 16.0 Å². The van der Waals surface area contributed by atoms with E-state index in [2.05, 4.69) is 20.9 Å². The van der Waals surface area contributed by atoms with Crippen LogP contribution in [-0.4, -0.2) is 43.1 Å². The maximum absolute atomic E-state index is 12.1. The van der Waals surface area contributed by atoms with Crippen molar-refractivity contribution >= 4 is 17.5 Å². The van der Waals surface area contributed by atoms with Gasteiger partial charge in [0.2, 0.25) is 5.91 Å². The average Bonchev–Trinajstić information content (AvgIpc) is 3.71. The molecule has 0 radical (unpaired) electrons. The predicted octanol–water partition coefficient (Wildman–Crippen LogP) is 3.89. The highest BCUT2D eigenvalue weighted by atomic mass is 16.5. The number of nitrogens with one attached hydrogen (secondary N) is 3. The molecule has 1 unspecified atom stereocenters. The Morgan fingerprint density at radius 1 is 0.789 bits per heavy atom. The van der Waals surface area contributed by atoms with E-state index in [0.717, 1.165) is 60.8 Å². The SMILES string of the molecule is COCc1ccc(C2=NC3(CCCC3)NC2=O)cc1.COCc1ccc(C2NC3(CCCC3)NC2=O)cc1. The van der Waals surface area contributed by atoms with Crippen LogP contribution in [0.4, 0.5) is 0 Å². The summed E-state index contributed by atoms with van der Waals surface area (Å²) in [6.45, 7) is 1.19. The topological polar surface area (TPSA) is 101 Å². The molecule has 6 rings (SSSR count). The van der Waals surface area contributed by atoms with Crippen molar-refractivity contribution in [1.82, 2.24) is 16.0 Å². The van der Waals surface area contributed by atoms with Gasteiger partial charge in [-0.2, -0.15) is 0 Å². The number of benzene rings is 2. The summed E-state index contributed by atoms with van der Waals surface area (Å²) in [7, 11) is 3.36. The van der Waals surface area contributed by atoms with E-state index < -0.39 is 0 Å². The first kappa shape index (κ1) is 26.5. The normalized spacial score (nSPS) is 22.8. The van der Waals surface area contributed by atoms with Gasteiger partial charge in [0, 0.05) is 19.8 Å². The molecule has 1 saturated heterocycles. The predicted molar refractivity (Wildman–Crippen MR) is 145 cm³/mol. The lowest BCUT2D eigenvalue weighted by atomic mass is 10.0. The molecule has 4 aliphatic rings. The Bertz CT molecular complexity index is 1160. The second-order valence-electron chi connectivity index (χ2n) is 10.8. The molecule has 38 heavy (non-hydrogen) atoms. The van der Waals surface area contributed by atoms with Crippen LogP contribution in [0.3, 0.4) is 0 Å². The number of carbonyl (C=O) groups excluding carboxylic acids is 2. The lowest BCUT2D eigenvalue weighted by Crippen LogP contribution is -2.46. The summed E-state index contributed by atoms with van der Waals surface area (Å²) in [5.74, 6) is 0.0581. The molecular formula is C30H38N4O4. The summed E-state index contributed by atoms with van der Waals surface area (Å²) in [6, 6.07) is 15.7. The second-order valence-corrected chi connectivity index (χ2v) is 10.8. The van der Waals surface area contributed by atoms with E-state index in [4.69, 9.17) is 9.47 Å². The van der Waals surface area contributed by atoms with Gasteiger partial charge in [-0.1, -0.05) is 48.5 Å². The molecule has 1 atom stereocenters. The zero-order chi connectivity index (χ0) is 26.6. The third-order valence-electron chi connectivity index (χ3n) is 7.98. The number of hydrogen-bond donors (Lipinski definition) is 3. The van der Waals surface area contributed by atoms with Crippen LogP contribution in [0.25, 0.3) is 0 Å². The lowest BCUT2D eigenvalue weighted by molar-refractivity contribution is -0.121. The van der Waals surface area contributed by atoms with Crippen molar-refractivity contribution in [2.24, 2.45) is 4.99 Å². The molecule has 2 aliphatic heterocycles. The van der Waals surface area contributed by atoms with Crippen LogP contribution in [0.2, 0.25) is 0 Å². The zero-order valence-electron chi connectivity index (χ0n) is 22.3. The van der Waals surface area contributed by atoms with E-state index in [1.54, 1.807) is 14.2 Å². The Morgan fingerprint density at radius 2 is 1.34 bits per heavy atom. The van der Waals surface area contributed by atoms with Crippen molar-refractivity contribution < 1.29 is 19.1 Å². The Kier molecular flexibility index (Phi) is 7.93. The maximum Gasteiger partial charge on any atom is 0.272 e. The van der Waals surface area contributed by atoms with Crippen molar-refractivity contribution in [3.63, 3.8) is 0 Å². The van der Waals surface area contributed by atoms with Crippen LogP contribution in [0.15, 0.2) is 53.5 Å². The number of hydrogen-bond acceptors (Lipinski definition) is 6. The molecule has 202 valence electrons. The van der Waals surface area contributed by atoms with Gasteiger partial charge in [-0.3, -0.25) is 19.9 Å². The second kappa shape index (κ2) is 11.4. The molecule has 3 N–H and O–H groups in total. The third kappa shape index (κ3) is 5.67. The monoisotopic (exact) mass is 518 g/mol. The minimum Gasteiger partial charge on any atom is -0.380 e. The van der Waals surface area contributed by atoms with Crippen molar-refractivity contribution in [3.8, 4) is 0 Å². The lowest BCUT2D eigenvalue weighted by Gasteiger charge is -2.23. The van der Waals surface area contributed by atoms with Crippen LogP contribution in [0.5, 0.6) is 0 Å². The molecule has 2 aliphatic carbocycles. The van der Waals surface area contributed by atoms with Crippen molar-refractivity contribution in [1.29, 1.82) is 0 Å². The van der Waals surface area contributed by atoms with Crippen LogP contribution in [0.1, 0.15) is 79.7 Å². The minimum atomic E-state index is -0.308. The van der Waals surface area contributed by atoms with E-state index >= 15 is 0 Å². The highest BCUT2D eigenvalue weighted by Gasteiger charge is 2.45. The van der Waals surface area contributed by atoms with Gasteiger partial charge >= 0.3 is 0 Å². The van der Waals surface area contributed by atoms with Crippen molar-refractivity contribution in [2.75, 3.05) is 14.2 Å². The summed E-state index contributed by atoms with van der Waals surface area (Å²) in [4.78, 5) is 28.9. The Labute approximate surface area is 224 Å². The molecule has 2 saturated carbocycles. The van der Waals surface area contributed by atoms with E-state index in [0.29, 0.717) is 18.9 Å². The number of amides is 2. The summed E-state index contributed by atoms with van der Waals surface area (Å²) in [5.41, 5.74) is 4.26.